The molecule has 0 unspecified atom stereocenters. The molecule has 0 radical (unpaired) electrons. The smallest absolute Gasteiger partial charge is 0.306 e. The second-order valence-corrected chi connectivity index (χ2v) is 10.9. The summed E-state index contributed by atoms with van der Waals surface area (Å²) in [5, 5.41) is 0. The lowest BCUT2D eigenvalue weighted by Gasteiger charge is -2.32. The van der Waals surface area contributed by atoms with Gasteiger partial charge in [-0.3, -0.25) is 9.47 Å². The van der Waals surface area contributed by atoms with E-state index in [0.29, 0.717) is 11.0 Å². The average Bonchev–Trinajstić information content (AvgIpc) is 3.43. The average molecular weight is 556 g/mol. The highest BCUT2D eigenvalue weighted by atomic mass is 19.1. The van der Waals surface area contributed by atoms with E-state index >= 15 is 0 Å². The number of hydrogen-bond acceptors (Lipinski definition) is 4. The summed E-state index contributed by atoms with van der Waals surface area (Å²) in [4.78, 5) is 27.9. The zero-order valence-electron chi connectivity index (χ0n) is 23.1. The molecule has 0 amide bonds. The molecule has 1 fully saturated rings. The zero-order chi connectivity index (χ0) is 28.5. The van der Waals surface area contributed by atoms with Crippen LogP contribution >= 0.6 is 0 Å². The van der Waals surface area contributed by atoms with Crippen LogP contribution in [0.4, 0.5) is 4.39 Å². The van der Waals surface area contributed by atoms with E-state index in [1.165, 1.54) is 17.7 Å². The summed E-state index contributed by atoms with van der Waals surface area (Å²) in [6.45, 7) is 2.70. The number of rotatable bonds is 6. The molecule has 42 heavy (non-hydrogen) atoms. The largest absolute Gasteiger partial charge is 0.326 e. The van der Waals surface area contributed by atoms with Crippen molar-refractivity contribution in [2.24, 2.45) is 0 Å². The number of nitrogens with one attached hydrogen (secondary N) is 1. The van der Waals surface area contributed by atoms with Gasteiger partial charge in [-0.15, -0.1) is 0 Å². The second-order valence-electron chi connectivity index (χ2n) is 10.9. The molecule has 0 bridgehead atoms. The van der Waals surface area contributed by atoms with Gasteiger partial charge >= 0.3 is 5.69 Å². The minimum atomic E-state index is -0.325. The predicted molar refractivity (Wildman–Crippen MR) is 164 cm³/mol. The van der Waals surface area contributed by atoms with Crippen molar-refractivity contribution in [3.63, 3.8) is 0 Å². The van der Waals surface area contributed by atoms with Crippen LogP contribution in [-0.2, 0) is 6.54 Å². The van der Waals surface area contributed by atoms with Gasteiger partial charge in [0.25, 0.3) is 0 Å². The number of imidazole rings is 1. The van der Waals surface area contributed by atoms with Gasteiger partial charge in [-0.2, -0.15) is 0 Å². The van der Waals surface area contributed by atoms with Gasteiger partial charge in [0.15, 0.2) is 0 Å². The topological polar surface area (TPSA) is 66.8 Å². The van der Waals surface area contributed by atoms with E-state index in [1.54, 1.807) is 6.07 Å². The van der Waals surface area contributed by atoms with Crippen LogP contribution in [0.1, 0.15) is 24.4 Å². The van der Waals surface area contributed by atoms with Crippen molar-refractivity contribution in [2.75, 3.05) is 13.1 Å². The van der Waals surface area contributed by atoms with E-state index in [4.69, 9.17) is 9.97 Å². The summed E-state index contributed by atoms with van der Waals surface area (Å²) in [5.41, 5.74) is 7.69. The van der Waals surface area contributed by atoms with Crippen LogP contribution in [0.25, 0.3) is 44.8 Å². The lowest BCUT2D eigenvalue weighted by atomic mass is 10.0. The molecule has 0 atom stereocenters. The number of hydrogen-bond donors (Lipinski definition) is 1. The Kier molecular flexibility index (Phi) is 6.93. The molecule has 1 saturated heterocycles. The van der Waals surface area contributed by atoms with E-state index < -0.39 is 0 Å². The summed E-state index contributed by atoms with van der Waals surface area (Å²) in [6, 6.07) is 33.1. The van der Waals surface area contributed by atoms with Crippen LogP contribution in [0, 0.1) is 5.82 Å². The number of benzene rings is 4. The molecular weight excluding hydrogens is 525 g/mol. The molecule has 1 aliphatic heterocycles. The first-order valence-corrected chi connectivity index (χ1v) is 14.3. The summed E-state index contributed by atoms with van der Waals surface area (Å²) in [5.74, 6) is -0.325. The van der Waals surface area contributed by atoms with Gasteiger partial charge in [0.05, 0.1) is 28.1 Å². The van der Waals surface area contributed by atoms with Crippen LogP contribution in [-0.4, -0.2) is 37.5 Å². The first-order chi connectivity index (χ1) is 20.6. The molecule has 4 aromatic carbocycles. The Hall–Kier alpha value is -4.88. The number of nitrogens with zero attached hydrogens (tertiary/aromatic N) is 4. The lowest BCUT2D eigenvalue weighted by Crippen LogP contribution is -2.36. The van der Waals surface area contributed by atoms with Gasteiger partial charge in [0.2, 0.25) is 0 Å². The number of piperidine rings is 1. The zero-order valence-corrected chi connectivity index (χ0v) is 23.1. The Balaban J connectivity index is 1.07. The second kappa shape index (κ2) is 11.2. The highest BCUT2D eigenvalue weighted by Crippen LogP contribution is 2.32. The summed E-state index contributed by atoms with van der Waals surface area (Å²) in [6.07, 6.45) is 3.82. The van der Waals surface area contributed by atoms with E-state index in [2.05, 4.69) is 34.1 Å². The Labute approximate surface area is 243 Å². The van der Waals surface area contributed by atoms with Crippen molar-refractivity contribution >= 4 is 11.0 Å². The fourth-order valence-electron chi connectivity index (χ4n) is 5.85. The molecule has 7 heteroatoms. The quantitative estimate of drug-likeness (QED) is 0.238. The molecule has 6 nitrogen and oxygen atoms in total. The molecule has 0 spiro atoms. The first-order valence-electron chi connectivity index (χ1n) is 14.3. The molecule has 3 heterocycles. The summed E-state index contributed by atoms with van der Waals surface area (Å²) < 4.78 is 15.8. The van der Waals surface area contributed by atoms with Crippen molar-refractivity contribution in [2.45, 2.75) is 25.4 Å². The molecule has 7 rings (SSSR count). The van der Waals surface area contributed by atoms with E-state index in [1.807, 2.05) is 71.4 Å². The summed E-state index contributed by atoms with van der Waals surface area (Å²) >= 11 is 0. The van der Waals surface area contributed by atoms with Crippen LogP contribution < -0.4 is 5.69 Å². The van der Waals surface area contributed by atoms with Crippen LogP contribution in [0.2, 0.25) is 0 Å². The Bertz CT molecular complexity index is 1890. The highest BCUT2D eigenvalue weighted by molar-refractivity contribution is 5.86. The predicted octanol–water partition coefficient (Wildman–Crippen LogP) is 7.10. The number of halogens is 1. The molecule has 1 aliphatic rings. The number of aromatic amines is 1. The number of aromatic nitrogens is 4. The highest BCUT2D eigenvalue weighted by Gasteiger charge is 2.23. The number of fused-ring (bicyclic) bond motifs is 1. The minimum Gasteiger partial charge on any atom is -0.306 e. The van der Waals surface area contributed by atoms with Crippen molar-refractivity contribution in [3.05, 3.63) is 131 Å². The third-order valence-corrected chi connectivity index (χ3v) is 8.09. The fraction of sp³-hybridized carbons (Fsp3) is 0.171. The van der Waals surface area contributed by atoms with Gasteiger partial charge in [-0.25, -0.2) is 19.2 Å². The monoisotopic (exact) mass is 555 g/mol. The summed E-state index contributed by atoms with van der Waals surface area (Å²) in [7, 11) is 0. The van der Waals surface area contributed by atoms with E-state index in [9.17, 15) is 9.18 Å². The van der Waals surface area contributed by atoms with Gasteiger partial charge < -0.3 is 4.98 Å². The molecule has 0 saturated carbocycles. The number of likely N-dealkylation sites (tertiary alicyclic amines) is 1. The molecule has 6 aromatic rings. The first kappa shape index (κ1) is 26.0. The van der Waals surface area contributed by atoms with Crippen molar-refractivity contribution in [1.29, 1.82) is 0 Å². The molecular formula is C35H30FN5O. The maximum Gasteiger partial charge on any atom is 0.326 e. The molecule has 2 aromatic heterocycles. The van der Waals surface area contributed by atoms with Crippen molar-refractivity contribution in [1.82, 2.24) is 24.4 Å². The fourth-order valence-corrected chi connectivity index (χ4v) is 5.85. The normalized spacial score (nSPS) is 14.4. The third kappa shape index (κ3) is 5.27. The molecule has 0 aliphatic carbocycles. The Morgan fingerprint density at radius 1 is 0.738 bits per heavy atom. The minimum absolute atomic E-state index is 0.0420. The van der Waals surface area contributed by atoms with Crippen molar-refractivity contribution < 1.29 is 4.39 Å². The van der Waals surface area contributed by atoms with E-state index in [-0.39, 0.29) is 17.5 Å². The standard InChI is InChI=1S/C35H30FN5O/c36-28-15-16-30-31(21-28)38-33(26-9-5-2-6-10-26)34(37-30)27-13-11-24(12-14-27)22-40-19-17-29(18-20-40)41-23-32(39-35(41)42)25-7-3-1-4-8-25/h1-16,21,23,29H,17-20,22H2,(H,39,42). The SMILES string of the molecule is O=c1[nH]c(-c2ccccc2)cn1C1CCN(Cc2ccc(-c3nc4ccc(F)cc4nc3-c3ccccc3)cc2)CC1. The van der Waals surface area contributed by atoms with Gasteiger partial charge in [-0.05, 0) is 36.1 Å². The molecule has 208 valence electrons. The van der Waals surface area contributed by atoms with E-state index in [0.717, 1.165) is 66.2 Å². The Morgan fingerprint density at radius 2 is 1.36 bits per heavy atom. The van der Waals surface area contributed by atoms with Gasteiger partial charge in [0, 0.05) is 49.1 Å². The van der Waals surface area contributed by atoms with Crippen LogP contribution in [0.15, 0.2) is 114 Å². The van der Waals surface area contributed by atoms with Crippen molar-refractivity contribution in [3.8, 4) is 33.8 Å². The van der Waals surface area contributed by atoms with Crippen LogP contribution in [0.3, 0.4) is 0 Å². The maximum atomic E-state index is 13.9. The van der Waals surface area contributed by atoms with Gasteiger partial charge in [-0.1, -0.05) is 84.9 Å². The van der Waals surface area contributed by atoms with Gasteiger partial charge in [0.1, 0.15) is 5.82 Å². The maximum absolute atomic E-state index is 13.9. The molecule has 1 N–H and O–H groups in total. The number of H-pyrrole nitrogens is 1. The Morgan fingerprint density at radius 3 is 2.05 bits per heavy atom. The third-order valence-electron chi connectivity index (χ3n) is 8.09. The van der Waals surface area contributed by atoms with Crippen LogP contribution in [0.5, 0.6) is 0 Å². The lowest BCUT2D eigenvalue weighted by molar-refractivity contribution is 0.178.